The Labute approximate surface area is 145 Å². The summed E-state index contributed by atoms with van der Waals surface area (Å²) in [7, 11) is 0. The summed E-state index contributed by atoms with van der Waals surface area (Å²) in [5.41, 5.74) is 1.48. The molecule has 118 valence electrons. The molecule has 0 amide bonds. The summed E-state index contributed by atoms with van der Waals surface area (Å²) in [6.45, 7) is 2.12. The Morgan fingerprint density at radius 1 is 1.35 bits per heavy atom. The van der Waals surface area contributed by atoms with Crippen LogP contribution in [0.15, 0.2) is 44.2 Å². The molecular formula is C16H14IN3O3. The topological polar surface area (TPSA) is 75.3 Å². The zero-order valence-corrected chi connectivity index (χ0v) is 14.4. The number of nitrogens with one attached hydrogen (secondary N) is 1. The van der Waals surface area contributed by atoms with Gasteiger partial charge in [-0.2, -0.15) is 0 Å². The summed E-state index contributed by atoms with van der Waals surface area (Å²) in [5, 5.41) is 0. The second kappa shape index (κ2) is 5.97. The highest BCUT2D eigenvalue weighted by atomic mass is 127. The van der Waals surface area contributed by atoms with E-state index in [0.29, 0.717) is 24.7 Å². The van der Waals surface area contributed by atoms with E-state index >= 15 is 0 Å². The lowest BCUT2D eigenvalue weighted by Gasteiger charge is -2.26. The van der Waals surface area contributed by atoms with Crippen molar-refractivity contribution >= 4 is 22.6 Å². The number of aromatic amines is 1. The number of aromatic nitrogens is 2. The van der Waals surface area contributed by atoms with Crippen molar-refractivity contribution in [3.8, 4) is 11.6 Å². The molecule has 0 aliphatic carbocycles. The fourth-order valence-corrected chi connectivity index (χ4v) is 3.27. The molecule has 0 fully saturated rings. The number of nitrogens with zero attached hydrogens (tertiary/aromatic N) is 2. The van der Waals surface area contributed by atoms with Gasteiger partial charge in [0.25, 0.3) is 5.56 Å². The molecule has 0 saturated carbocycles. The summed E-state index contributed by atoms with van der Waals surface area (Å²) < 4.78 is 11.8. The largest absolute Gasteiger partial charge is 0.461 e. The van der Waals surface area contributed by atoms with Gasteiger partial charge in [0.05, 0.1) is 24.1 Å². The average Bonchev–Trinajstić information content (AvgIpc) is 3.20. The van der Waals surface area contributed by atoms with Gasteiger partial charge in [-0.1, -0.05) is 0 Å². The molecule has 1 aliphatic heterocycles. The number of hydrogen-bond donors (Lipinski definition) is 1. The minimum absolute atomic E-state index is 0.0971. The molecule has 0 bridgehead atoms. The van der Waals surface area contributed by atoms with Crippen LogP contribution in [-0.4, -0.2) is 21.4 Å². The molecule has 4 rings (SSSR count). The van der Waals surface area contributed by atoms with E-state index in [-0.39, 0.29) is 5.56 Å². The van der Waals surface area contributed by atoms with Crippen LogP contribution in [-0.2, 0) is 19.5 Å². The van der Waals surface area contributed by atoms with Crippen molar-refractivity contribution in [3.05, 3.63) is 61.7 Å². The Kier molecular flexibility index (Phi) is 3.82. The molecule has 3 aromatic heterocycles. The highest BCUT2D eigenvalue weighted by Crippen LogP contribution is 2.21. The highest BCUT2D eigenvalue weighted by Gasteiger charge is 2.22. The molecule has 1 aliphatic rings. The lowest BCUT2D eigenvalue weighted by Crippen LogP contribution is -2.35. The van der Waals surface area contributed by atoms with Crippen molar-refractivity contribution in [2.45, 2.75) is 19.5 Å². The average molecular weight is 423 g/mol. The molecule has 0 spiro atoms. The van der Waals surface area contributed by atoms with Crippen molar-refractivity contribution < 1.29 is 8.83 Å². The molecule has 0 atom stereocenters. The van der Waals surface area contributed by atoms with E-state index in [1.807, 2.05) is 12.1 Å². The van der Waals surface area contributed by atoms with Gasteiger partial charge in [0.2, 0.25) is 0 Å². The van der Waals surface area contributed by atoms with Crippen molar-refractivity contribution in [1.29, 1.82) is 0 Å². The summed E-state index contributed by atoms with van der Waals surface area (Å²) in [5.74, 6) is 1.99. The molecule has 23 heavy (non-hydrogen) atoms. The molecule has 3 aromatic rings. The summed E-state index contributed by atoms with van der Waals surface area (Å²) >= 11 is 2.15. The first kappa shape index (κ1) is 14.7. The van der Waals surface area contributed by atoms with E-state index in [2.05, 4.69) is 37.5 Å². The van der Waals surface area contributed by atoms with Crippen molar-refractivity contribution in [2.75, 3.05) is 6.54 Å². The second-order valence-electron chi connectivity index (χ2n) is 5.48. The SMILES string of the molecule is O=c1[nH]c(-c2ccco2)nc2c1CN(Cc1ccc(I)o1)CC2. The Morgan fingerprint density at radius 2 is 2.26 bits per heavy atom. The molecule has 0 aromatic carbocycles. The summed E-state index contributed by atoms with van der Waals surface area (Å²) in [4.78, 5) is 22.0. The maximum atomic E-state index is 12.4. The lowest BCUT2D eigenvalue weighted by atomic mass is 10.1. The van der Waals surface area contributed by atoms with Gasteiger partial charge in [0.1, 0.15) is 5.76 Å². The Balaban J connectivity index is 1.59. The number of hydrogen-bond acceptors (Lipinski definition) is 5. The monoisotopic (exact) mass is 423 g/mol. The molecule has 0 saturated heterocycles. The molecule has 1 N–H and O–H groups in total. The second-order valence-corrected chi connectivity index (χ2v) is 6.55. The van der Waals surface area contributed by atoms with Gasteiger partial charge in [0, 0.05) is 19.5 Å². The molecule has 0 unspecified atom stereocenters. The Hall–Kier alpha value is -1.87. The maximum Gasteiger partial charge on any atom is 0.256 e. The van der Waals surface area contributed by atoms with E-state index in [4.69, 9.17) is 8.83 Å². The first-order valence-electron chi connectivity index (χ1n) is 7.31. The first-order chi connectivity index (χ1) is 11.2. The zero-order valence-electron chi connectivity index (χ0n) is 12.2. The number of halogens is 1. The van der Waals surface area contributed by atoms with E-state index in [0.717, 1.165) is 33.8 Å². The Morgan fingerprint density at radius 3 is 3.00 bits per heavy atom. The fourth-order valence-electron chi connectivity index (χ4n) is 2.80. The van der Waals surface area contributed by atoms with Crippen LogP contribution in [0.3, 0.4) is 0 Å². The minimum Gasteiger partial charge on any atom is -0.461 e. The normalized spacial score (nSPS) is 14.8. The highest BCUT2D eigenvalue weighted by molar-refractivity contribution is 14.1. The van der Waals surface area contributed by atoms with E-state index in [1.165, 1.54) is 0 Å². The van der Waals surface area contributed by atoms with Crippen LogP contribution in [0.25, 0.3) is 11.6 Å². The third-order valence-electron chi connectivity index (χ3n) is 3.91. The number of furan rings is 2. The number of rotatable bonds is 3. The fraction of sp³-hybridized carbons (Fsp3) is 0.250. The van der Waals surface area contributed by atoms with Crippen LogP contribution < -0.4 is 5.56 Å². The van der Waals surface area contributed by atoms with Crippen molar-refractivity contribution in [2.24, 2.45) is 0 Å². The van der Waals surface area contributed by atoms with Crippen molar-refractivity contribution in [1.82, 2.24) is 14.9 Å². The van der Waals surface area contributed by atoms with Crippen LogP contribution in [0, 0.1) is 3.77 Å². The Bertz CT molecular complexity index is 882. The molecular weight excluding hydrogens is 409 g/mol. The van der Waals surface area contributed by atoms with Gasteiger partial charge in [-0.05, 0) is 46.9 Å². The van der Waals surface area contributed by atoms with Gasteiger partial charge in [-0.25, -0.2) is 4.98 Å². The third-order valence-corrected chi connectivity index (χ3v) is 4.49. The molecule has 6 nitrogen and oxygen atoms in total. The van der Waals surface area contributed by atoms with Crippen LogP contribution >= 0.6 is 22.6 Å². The standard InChI is InChI=1S/C16H14IN3O3/c17-14-4-3-10(23-14)8-20-6-5-12-11(9-20)16(21)19-15(18-12)13-2-1-7-22-13/h1-4,7H,5-6,8-9H2,(H,18,19,21). The zero-order chi connectivity index (χ0) is 15.8. The minimum atomic E-state index is -0.0971. The van der Waals surface area contributed by atoms with E-state index < -0.39 is 0 Å². The van der Waals surface area contributed by atoms with Gasteiger partial charge >= 0.3 is 0 Å². The van der Waals surface area contributed by atoms with Crippen LogP contribution in [0.4, 0.5) is 0 Å². The van der Waals surface area contributed by atoms with Crippen LogP contribution in [0.1, 0.15) is 17.0 Å². The van der Waals surface area contributed by atoms with Gasteiger partial charge < -0.3 is 13.8 Å². The van der Waals surface area contributed by atoms with Gasteiger partial charge in [-0.15, -0.1) is 0 Å². The number of H-pyrrole nitrogens is 1. The van der Waals surface area contributed by atoms with Crippen LogP contribution in [0.2, 0.25) is 0 Å². The number of fused-ring (bicyclic) bond motifs is 1. The van der Waals surface area contributed by atoms with Gasteiger partial charge in [0.15, 0.2) is 15.4 Å². The molecule has 4 heterocycles. The summed E-state index contributed by atoms with van der Waals surface area (Å²) in [6.07, 6.45) is 2.31. The lowest BCUT2D eigenvalue weighted by molar-refractivity contribution is 0.221. The van der Waals surface area contributed by atoms with E-state index in [1.54, 1.807) is 18.4 Å². The van der Waals surface area contributed by atoms with Gasteiger partial charge in [-0.3, -0.25) is 9.69 Å². The smallest absolute Gasteiger partial charge is 0.256 e. The molecule has 7 heteroatoms. The molecule has 0 radical (unpaired) electrons. The van der Waals surface area contributed by atoms with Crippen LogP contribution in [0.5, 0.6) is 0 Å². The first-order valence-corrected chi connectivity index (χ1v) is 8.39. The quantitative estimate of drug-likeness (QED) is 0.656. The van der Waals surface area contributed by atoms with E-state index in [9.17, 15) is 4.79 Å². The van der Waals surface area contributed by atoms with Crippen molar-refractivity contribution in [3.63, 3.8) is 0 Å². The third kappa shape index (κ3) is 2.98. The predicted molar refractivity (Wildman–Crippen MR) is 91.8 cm³/mol. The predicted octanol–water partition coefficient (Wildman–Crippen LogP) is 2.79. The summed E-state index contributed by atoms with van der Waals surface area (Å²) in [6, 6.07) is 7.48. The maximum absolute atomic E-state index is 12.4.